The highest BCUT2D eigenvalue weighted by atomic mass is 16.5. The monoisotopic (exact) mass is 336 g/mol. The third-order valence-corrected chi connectivity index (χ3v) is 4.77. The van der Waals surface area contributed by atoms with Crippen LogP contribution in [0.1, 0.15) is 13.8 Å². The van der Waals surface area contributed by atoms with E-state index in [1.54, 1.807) is 13.1 Å². The molecule has 1 aromatic heterocycles. The Morgan fingerprint density at radius 2 is 1.83 bits per heavy atom. The summed E-state index contributed by atoms with van der Waals surface area (Å²) in [6, 6.07) is 0. The van der Waals surface area contributed by atoms with Gasteiger partial charge in [-0.3, -0.25) is 18.7 Å². The number of carbonyl (C=O) groups is 1. The maximum Gasteiger partial charge on any atom is 0.331 e. The first kappa shape index (κ1) is 16.8. The number of aryl methyl sites for hydroxylation is 1. The number of nitrogens with zero attached hydrogens (tertiary/aromatic N) is 4. The van der Waals surface area contributed by atoms with Crippen LogP contribution in [0.5, 0.6) is 0 Å². The molecular weight excluding hydrogens is 312 g/mol. The lowest BCUT2D eigenvalue weighted by Crippen LogP contribution is -2.58. The molecule has 0 unspecified atom stereocenters. The Labute approximate surface area is 140 Å². The molecule has 8 heteroatoms. The van der Waals surface area contributed by atoms with Gasteiger partial charge in [-0.15, -0.1) is 0 Å². The van der Waals surface area contributed by atoms with Gasteiger partial charge >= 0.3 is 5.69 Å². The van der Waals surface area contributed by atoms with Crippen LogP contribution in [0.25, 0.3) is 0 Å². The van der Waals surface area contributed by atoms with Crippen LogP contribution in [0.15, 0.2) is 15.8 Å². The van der Waals surface area contributed by atoms with Gasteiger partial charge in [0.1, 0.15) is 5.69 Å². The maximum atomic E-state index is 12.5. The molecule has 0 saturated carbocycles. The second-order valence-corrected chi connectivity index (χ2v) is 6.17. The van der Waals surface area contributed by atoms with E-state index in [9.17, 15) is 14.4 Å². The summed E-state index contributed by atoms with van der Waals surface area (Å²) in [4.78, 5) is 40.8. The van der Waals surface area contributed by atoms with Crippen LogP contribution >= 0.6 is 0 Å². The average Bonchev–Trinajstić information content (AvgIpc) is 2.56. The van der Waals surface area contributed by atoms with Crippen molar-refractivity contribution >= 4 is 11.6 Å². The number of hydrogen-bond donors (Lipinski definition) is 0. The third kappa shape index (κ3) is 2.86. The summed E-state index contributed by atoms with van der Waals surface area (Å²) in [6.07, 6.45) is 1.62. The van der Waals surface area contributed by atoms with E-state index in [1.807, 2.05) is 16.7 Å². The maximum absolute atomic E-state index is 12.5. The van der Waals surface area contributed by atoms with Crippen LogP contribution in [0.2, 0.25) is 0 Å². The van der Waals surface area contributed by atoms with Gasteiger partial charge in [0.25, 0.3) is 5.56 Å². The number of carbonyl (C=O) groups excluding carboxylic acids is 1. The second-order valence-electron chi connectivity index (χ2n) is 6.17. The van der Waals surface area contributed by atoms with E-state index in [0.29, 0.717) is 58.2 Å². The van der Waals surface area contributed by atoms with E-state index in [0.717, 1.165) is 0 Å². The van der Waals surface area contributed by atoms with Crippen molar-refractivity contribution in [3.05, 3.63) is 27.0 Å². The van der Waals surface area contributed by atoms with Crippen molar-refractivity contribution in [2.75, 3.05) is 44.3 Å². The molecule has 24 heavy (non-hydrogen) atoms. The number of amides is 1. The Hall–Kier alpha value is -2.09. The molecule has 8 nitrogen and oxygen atoms in total. The van der Waals surface area contributed by atoms with Gasteiger partial charge in [0.05, 0.1) is 19.1 Å². The lowest BCUT2D eigenvalue weighted by Gasteiger charge is -2.42. The third-order valence-electron chi connectivity index (χ3n) is 4.77. The Morgan fingerprint density at radius 1 is 1.17 bits per heavy atom. The molecule has 2 fully saturated rings. The van der Waals surface area contributed by atoms with Gasteiger partial charge in [0.2, 0.25) is 5.91 Å². The second kappa shape index (κ2) is 6.80. The Morgan fingerprint density at radius 3 is 2.42 bits per heavy atom. The Bertz CT molecular complexity index is 727. The molecule has 0 radical (unpaired) electrons. The lowest BCUT2D eigenvalue weighted by molar-refractivity contribution is -0.140. The minimum absolute atomic E-state index is 0.0837. The molecule has 0 aromatic carbocycles. The first-order valence-electron chi connectivity index (χ1n) is 8.52. The molecule has 0 aliphatic carbocycles. The lowest BCUT2D eigenvalue weighted by atomic mass is 9.97. The number of anilines is 1. The molecule has 1 amide bonds. The van der Waals surface area contributed by atoms with Crippen molar-refractivity contribution in [3.63, 3.8) is 0 Å². The first-order valence-corrected chi connectivity index (χ1v) is 8.52. The fourth-order valence-corrected chi connectivity index (χ4v) is 3.23. The minimum atomic E-state index is -0.282. The molecule has 3 rings (SSSR count). The topological polar surface area (TPSA) is 76.8 Å². The summed E-state index contributed by atoms with van der Waals surface area (Å²) in [5, 5.41) is 0. The van der Waals surface area contributed by atoms with Crippen LogP contribution in [-0.4, -0.2) is 59.3 Å². The molecule has 0 atom stereocenters. The molecule has 2 aliphatic rings. The summed E-state index contributed by atoms with van der Waals surface area (Å²) >= 11 is 0. The van der Waals surface area contributed by atoms with E-state index >= 15 is 0 Å². The average molecular weight is 336 g/mol. The van der Waals surface area contributed by atoms with Gasteiger partial charge in [-0.1, -0.05) is 0 Å². The van der Waals surface area contributed by atoms with Gasteiger partial charge in [0.15, 0.2) is 0 Å². The highest BCUT2D eigenvalue weighted by Gasteiger charge is 2.37. The largest absolute Gasteiger partial charge is 0.378 e. The van der Waals surface area contributed by atoms with E-state index in [-0.39, 0.29) is 23.1 Å². The summed E-state index contributed by atoms with van der Waals surface area (Å²) in [5.74, 6) is 0.0498. The quantitative estimate of drug-likeness (QED) is 0.730. The molecular formula is C16H24N4O4. The first-order chi connectivity index (χ1) is 11.6. The number of rotatable bonds is 4. The molecule has 0 N–H and O–H groups in total. The zero-order valence-electron chi connectivity index (χ0n) is 14.2. The van der Waals surface area contributed by atoms with Gasteiger partial charge < -0.3 is 14.5 Å². The molecule has 132 valence electrons. The van der Waals surface area contributed by atoms with Gasteiger partial charge in [-0.05, 0) is 13.8 Å². The molecule has 2 aliphatic heterocycles. The number of aromatic nitrogens is 2. The van der Waals surface area contributed by atoms with Gasteiger partial charge in [0, 0.05) is 45.5 Å². The SMILES string of the molecule is CCn1cc(N2CC(C(=O)N3CCOCC3)C2)c(=O)n(CC)c1=O. The summed E-state index contributed by atoms with van der Waals surface area (Å²) in [6.45, 7) is 8.01. The number of morpholine rings is 1. The van der Waals surface area contributed by atoms with Crippen molar-refractivity contribution in [2.45, 2.75) is 26.9 Å². The molecule has 3 heterocycles. The van der Waals surface area contributed by atoms with E-state index in [2.05, 4.69) is 0 Å². The van der Waals surface area contributed by atoms with Crippen LogP contribution in [0.4, 0.5) is 5.69 Å². The Kier molecular flexibility index (Phi) is 4.75. The predicted molar refractivity (Wildman–Crippen MR) is 89.4 cm³/mol. The predicted octanol–water partition coefficient (Wildman–Crippen LogP) is -0.655. The van der Waals surface area contributed by atoms with Crippen molar-refractivity contribution in [1.82, 2.24) is 14.0 Å². The molecule has 2 saturated heterocycles. The van der Waals surface area contributed by atoms with Crippen molar-refractivity contribution in [1.29, 1.82) is 0 Å². The van der Waals surface area contributed by atoms with Crippen molar-refractivity contribution < 1.29 is 9.53 Å². The van der Waals surface area contributed by atoms with Gasteiger partial charge in [-0.25, -0.2) is 4.79 Å². The normalized spacial score (nSPS) is 18.6. The number of ether oxygens (including phenoxy) is 1. The standard InChI is InChI=1S/C16H24N4O4/c1-3-17-11-13(15(22)20(4-2)16(17)23)19-9-12(10-19)14(21)18-5-7-24-8-6-18/h11-12H,3-10H2,1-2H3. The summed E-state index contributed by atoms with van der Waals surface area (Å²) in [7, 11) is 0. The molecule has 0 spiro atoms. The Balaban J connectivity index is 1.75. The van der Waals surface area contributed by atoms with Gasteiger partial charge in [-0.2, -0.15) is 0 Å². The summed E-state index contributed by atoms with van der Waals surface area (Å²) < 4.78 is 8.05. The van der Waals surface area contributed by atoms with Crippen LogP contribution in [0.3, 0.4) is 0 Å². The van der Waals surface area contributed by atoms with Crippen molar-refractivity contribution in [2.24, 2.45) is 5.92 Å². The van der Waals surface area contributed by atoms with Crippen LogP contribution < -0.4 is 16.1 Å². The zero-order chi connectivity index (χ0) is 17.3. The highest BCUT2D eigenvalue weighted by Crippen LogP contribution is 2.23. The van der Waals surface area contributed by atoms with E-state index < -0.39 is 0 Å². The highest BCUT2D eigenvalue weighted by molar-refractivity contribution is 5.82. The fraction of sp³-hybridized carbons (Fsp3) is 0.688. The zero-order valence-corrected chi connectivity index (χ0v) is 14.2. The minimum Gasteiger partial charge on any atom is -0.378 e. The fourth-order valence-electron chi connectivity index (χ4n) is 3.23. The summed E-state index contributed by atoms with van der Waals surface area (Å²) in [5.41, 5.74) is -0.0518. The van der Waals surface area contributed by atoms with Crippen LogP contribution in [-0.2, 0) is 22.6 Å². The van der Waals surface area contributed by atoms with Crippen LogP contribution in [0, 0.1) is 5.92 Å². The molecule has 1 aromatic rings. The molecule has 0 bridgehead atoms. The number of hydrogen-bond acceptors (Lipinski definition) is 5. The van der Waals surface area contributed by atoms with Crippen molar-refractivity contribution in [3.8, 4) is 0 Å². The van der Waals surface area contributed by atoms with E-state index in [1.165, 1.54) is 9.13 Å². The smallest absolute Gasteiger partial charge is 0.331 e. The van der Waals surface area contributed by atoms with E-state index in [4.69, 9.17) is 4.74 Å².